The second-order valence-electron chi connectivity index (χ2n) is 5.51. The fourth-order valence-corrected chi connectivity index (χ4v) is 3.58. The van der Waals surface area contributed by atoms with Gasteiger partial charge in [-0.3, -0.25) is 4.98 Å². The minimum absolute atomic E-state index is 0.308. The van der Waals surface area contributed by atoms with Crippen LogP contribution < -0.4 is 9.47 Å². The summed E-state index contributed by atoms with van der Waals surface area (Å²) in [4.78, 5) is 4.14. The van der Waals surface area contributed by atoms with Gasteiger partial charge in [-0.15, -0.1) is 11.8 Å². The van der Waals surface area contributed by atoms with Crippen LogP contribution in [0.4, 0.5) is 0 Å². The number of aliphatic hydroxyl groups is 3. The van der Waals surface area contributed by atoms with Crippen LogP contribution in [0.5, 0.6) is 11.5 Å². The molecule has 0 unspecified atom stereocenters. The number of pyridine rings is 1. The minimum atomic E-state index is -1.21. The Morgan fingerprint density at radius 3 is 2.62 bits per heavy atom. The smallest absolute Gasteiger partial charge is 0.173 e. The van der Waals surface area contributed by atoms with E-state index in [1.807, 2.05) is 24.3 Å². The number of methoxy groups -OCH3 is 1. The van der Waals surface area contributed by atoms with Gasteiger partial charge in [-0.1, -0.05) is 12.1 Å². The van der Waals surface area contributed by atoms with Crippen molar-refractivity contribution in [3.63, 3.8) is 0 Å². The molecule has 6 nitrogen and oxygen atoms in total. The van der Waals surface area contributed by atoms with Gasteiger partial charge in [0, 0.05) is 17.5 Å². The molecule has 24 heavy (non-hydrogen) atoms. The lowest BCUT2D eigenvalue weighted by Crippen LogP contribution is -2.50. The van der Waals surface area contributed by atoms with Gasteiger partial charge < -0.3 is 24.8 Å². The highest BCUT2D eigenvalue weighted by molar-refractivity contribution is 7.99. The number of thioether (sulfide) groups is 1. The Balaban J connectivity index is 1.78. The third-order valence-corrected chi connectivity index (χ3v) is 5.06. The molecule has 0 amide bonds. The lowest BCUT2D eigenvalue weighted by Gasteiger charge is -2.34. The van der Waals surface area contributed by atoms with E-state index in [4.69, 9.17) is 9.47 Å². The molecule has 0 spiro atoms. The van der Waals surface area contributed by atoms with Crippen LogP contribution in [0.15, 0.2) is 42.7 Å². The molecular formula is C17H19NO5S. The van der Waals surface area contributed by atoms with Crippen LogP contribution in [0, 0.1) is 0 Å². The maximum absolute atomic E-state index is 10.0. The Labute approximate surface area is 144 Å². The Morgan fingerprint density at radius 2 is 1.83 bits per heavy atom. The van der Waals surface area contributed by atoms with Crippen molar-refractivity contribution >= 4 is 11.8 Å². The molecule has 2 aromatic rings. The first kappa shape index (κ1) is 17.0. The van der Waals surface area contributed by atoms with Gasteiger partial charge in [0.05, 0.1) is 19.4 Å². The summed E-state index contributed by atoms with van der Waals surface area (Å²) in [5.74, 6) is 1.53. The Kier molecular flexibility index (Phi) is 5.25. The maximum Gasteiger partial charge on any atom is 0.173 e. The van der Waals surface area contributed by atoms with E-state index in [0.717, 1.165) is 11.1 Å². The number of aromatic nitrogens is 1. The number of ether oxygens (including phenoxy) is 2. The molecule has 4 atom stereocenters. The first-order chi connectivity index (χ1) is 11.6. The van der Waals surface area contributed by atoms with Crippen molar-refractivity contribution in [2.24, 2.45) is 0 Å². The summed E-state index contributed by atoms with van der Waals surface area (Å²) in [6.07, 6.45) is 0.0549. The summed E-state index contributed by atoms with van der Waals surface area (Å²) < 4.78 is 11.0. The molecule has 128 valence electrons. The monoisotopic (exact) mass is 349 g/mol. The molecule has 1 aromatic carbocycles. The molecule has 1 aliphatic rings. The van der Waals surface area contributed by atoms with Crippen molar-refractivity contribution in [3.8, 4) is 22.6 Å². The predicted molar refractivity (Wildman–Crippen MR) is 91.1 cm³/mol. The van der Waals surface area contributed by atoms with E-state index < -0.39 is 23.7 Å². The Morgan fingerprint density at radius 1 is 1.04 bits per heavy atom. The van der Waals surface area contributed by atoms with Crippen LogP contribution >= 0.6 is 11.8 Å². The summed E-state index contributed by atoms with van der Waals surface area (Å²) in [6.45, 7) is 0. The average molecular weight is 349 g/mol. The lowest BCUT2D eigenvalue weighted by atomic mass is 10.1. The number of hydrogen-bond acceptors (Lipinski definition) is 7. The largest absolute Gasteiger partial charge is 0.495 e. The van der Waals surface area contributed by atoms with Crippen molar-refractivity contribution in [3.05, 3.63) is 42.7 Å². The highest BCUT2D eigenvalue weighted by atomic mass is 32.2. The van der Waals surface area contributed by atoms with E-state index in [2.05, 4.69) is 4.98 Å². The highest BCUT2D eigenvalue weighted by Gasteiger charge is 2.38. The van der Waals surface area contributed by atoms with Crippen LogP contribution in [0.25, 0.3) is 11.1 Å². The van der Waals surface area contributed by atoms with Crippen molar-refractivity contribution < 1.29 is 24.8 Å². The van der Waals surface area contributed by atoms with Gasteiger partial charge in [0.2, 0.25) is 0 Å². The molecule has 1 fully saturated rings. The normalized spacial score (nSPS) is 26.8. The molecule has 2 heterocycles. The summed E-state index contributed by atoms with van der Waals surface area (Å²) in [6, 6.07) is 9.25. The highest BCUT2D eigenvalue weighted by Crippen LogP contribution is 2.31. The topological polar surface area (TPSA) is 92.0 Å². The fourth-order valence-electron chi connectivity index (χ4n) is 2.45. The molecule has 1 saturated heterocycles. The SMILES string of the molecule is COc1cncc(-c2cccc(O[C@@H]3SC[C@@H](O)[C@H](O)[C@H]3O)c2)c1. The molecular weight excluding hydrogens is 330 g/mol. The maximum atomic E-state index is 10.0. The molecule has 0 saturated carbocycles. The summed E-state index contributed by atoms with van der Waals surface area (Å²) in [5, 5.41) is 29.4. The molecule has 0 radical (unpaired) electrons. The Hall–Kier alpha value is -1.80. The van der Waals surface area contributed by atoms with Crippen molar-refractivity contribution in [1.29, 1.82) is 0 Å². The standard InChI is InChI=1S/C17H19NO5S/c1-22-13-6-11(7-18-8-13)10-3-2-4-12(5-10)23-17-16(21)15(20)14(19)9-24-17/h2-8,14-17,19-21H,9H2,1H3/t14-,15+,16-,17-/m1/s1. The van der Waals surface area contributed by atoms with Gasteiger partial charge in [-0.2, -0.15) is 0 Å². The number of hydrogen-bond donors (Lipinski definition) is 3. The molecule has 3 N–H and O–H groups in total. The first-order valence-electron chi connectivity index (χ1n) is 7.50. The van der Waals surface area contributed by atoms with Gasteiger partial charge in [-0.05, 0) is 23.8 Å². The second kappa shape index (κ2) is 7.40. The van der Waals surface area contributed by atoms with Crippen LogP contribution in [0.3, 0.4) is 0 Å². The van der Waals surface area contributed by atoms with Gasteiger partial charge >= 0.3 is 0 Å². The molecule has 1 aliphatic heterocycles. The van der Waals surface area contributed by atoms with E-state index in [1.54, 1.807) is 25.6 Å². The predicted octanol–water partition coefficient (Wildman–Crippen LogP) is 1.29. The van der Waals surface area contributed by atoms with E-state index in [1.165, 1.54) is 11.8 Å². The third kappa shape index (κ3) is 3.64. The van der Waals surface area contributed by atoms with Crippen LogP contribution in [-0.4, -0.2) is 56.9 Å². The van der Waals surface area contributed by atoms with E-state index in [9.17, 15) is 15.3 Å². The lowest BCUT2D eigenvalue weighted by molar-refractivity contribution is -0.0786. The van der Waals surface area contributed by atoms with Gasteiger partial charge in [-0.25, -0.2) is 0 Å². The zero-order valence-electron chi connectivity index (χ0n) is 13.1. The zero-order chi connectivity index (χ0) is 17.1. The molecule has 0 bridgehead atoms. The Bertz CT molecular complexity index is 698. The van der Waals surface area contributed by atoms with Crippen LogP contribution in [-0.2, 0) is 0 Å². The second-order valence-corrected chi connectivity index (χ2v) is 6.64. The molecule has 1 aromatic heterocycles. The van der Waals surface area contributed by atoms with E-state index in [0.29, 0.717) is 17.3 Å². The fraction of sp³-hybridized carbons (Fsp3) is 0.353. The van der Waals surface area contributed by atoms with Gasteiger partial charge in [0.1, 0.15) is 23.7 Å². The average Bonchev–Trinajstić information content (AvgIpc) is 2.62. The van der Waals surface area contributed by atoms with Crippen LogP contribution in [0.2, 0.25) is 0 Å². The summed E-state index contributed by atoms with van der Waals surface area (Å²) >= 11 is 1.27. The quantitative estimate of drug-likeness (QED) is 0.766. The van der Waals surface area contributed by atoms with E-state index >= 15 is 0 Å². The van der Waals surface area contributed by atoms with Gasteiger partial charge in [0.25, 0.3) is 0 Å². The minimum Gasteiger partial charge on any atom is -0.495 e. The molecule has 3 rings (SSSR count). The number of rotatable bonds is 4. The van der Waals surface area contributed by atoms with Crippen molar-refractivity contribution in [2.45, 2.75) is 23.7 Å². The van der Waals surface area contributed by atoms with Gasteiger partial charge in [0.15, 0.2) is 5.44 Å². The third-order valence-electron chi connectivity index (χ3n) is 3.82. The molecule has 0 aliphatic carbocycles. The number of nitrogens with zero attached hydrogens (tertiary/aromatic N) is 1. The van der Waals surface area contributed by atoms with Crippen LogP contribution in [0.1, 0.15) is 0 Å². The van der Waals surface area contributed by atoms with Crippen molar-refractivity contribution in [1.82, 2.24) is 4.98 Å². The van der Waals surface area contributed by atoms with Crippen molar-refractivity contribution in [2.75, 3.05) is 12.9 Å². The van der Waals surface area contributed by atoms with E-state index in [-0.39, 0.29) is 0 Å². The molecule has 7 heteroatoms. The first-order valence-corrected chi connectivity index (χ1v) is 8.55. The summed E-state index contributed by atoms with van der Waals surface area (Å²) in [5.41, 5.74) is 1.14. The summed E-state index contributed by atoms with van der Waals surface area (Å²) in [7, 11) is 1.59. The zero-order valence-corrected chi connectivity index (χ0v) is 13.9. The number of benzene rings is 1. The number of aliphatic hydroxyl groups excluding tert-OH is 3.